The van der Waals surface area contributed by atoms with Gasteiger partial charge in [0.15, 0.2) is 0 Å². The number of β-amino-alcohol motifs (C(OH)–C–C–N with tert-alkyl or cyclic N) is 1. The molecule has 0 aliphatic carbocycles. The van der Waals surface area contributed by atoms with Crippen molar-refractivity contribution in [3.8, 4) is 0 Å². The molecule has 1 aliphatic rings. The number of carbonyl (C=O) groups is 1. The van der Waals surface area contributed by atoms with E-state index in [1.54, 1.807) is 18.2 Å². The topological polar surface area (TPSA) is 64.0 Å². The van der Waals surface area contributed by atoms with Crippen LogP contribution in [0.15, 0.2) is 42.5 Å². The van der Waals surface area contributed by atoms with Crippen molar-refractivity contribution in [2.45, 2.75) is 31.9 Å². The van der Waals surface area contributed by atoms with Crippen LogP contribution in [0, 0.1) is 6.92 Å². The third-order valence-corrected chi connectivity index (χ3v) is 5.73. The Morgan fingerprint density at radius 2 is 2.04 bits per heavy atom. The fourth-order valence-corrected chi connectivity index (χ4v) is 3.82. The fourth-order valence-electron chi connectivity index (χ4n) is 3.50. The molecule has 1 fully saturated rings. The van der Waals surface area contributed by atoms with Crippen LogP contribution in [0.5, 0.6) is 0 Å². The molecule has 0 bridgehead atoms. The van der Waals surface area contributed by atoms with E-state index in [0.29, 0.717) is 35.1 Å². The minimum absolute atomic E-state index is 0.0122. The van der Waals surface area contributed by atoms with E-state index in [4.69, 9.17) is 23.2 Å². The molecule has 2 aromatic carbocycles. The van der Waals surface area contributed by atoms with Gasteiger partial charge in [0.2, 0.25) is 0 Å². The molecule has 1 amide bonds. The zero-order chi connectivity index (χ0) is 20.3. The van der Waals surface area contributed by atoms with Crippen LogP contribution >= 0.6 is 23.2 Å². The highest BCUT2D eigenvalue weighted by Gasteiger charge is 2.29. The predicted octanol–water partition coefficient (Wildman–Crippen LogP) is 3.87. The second-order valence-electron chi connectivity index (χ2n) is 7.30. The molecule has 2 aromatic rings. The van der Waals surface area contributed by atoms with Gasteiger partial charge in [-0.05, 0) is 36.6 Å². The Balaban J connectivity index is 1.79. The highest BCUT2D eigenvalue weighted by molar-refractivity contribution is 6.42. The minimum Gasteiger partial charge on any atom is -0.392 e. The molecule has 0 radical (unpaired) electrons. The summed E-state index contributed by atoms with van der Waals surface area (Å²) in [6.45, 7) is 3.69. The lowest BCUT2D eigenvalue weighted by molar-refractivity contribution is -0.177. The number of hydrogen-bond acceptors (Lipinski definition) is 4. The maximum Gasteiger partial charge on any atom is 0.250 e. The Kier molecular flexibility index (Phi) is 6.96. The van der Waals surface area contributed by atoms with Crippen molar-refractivity contribution in [3.05, 3.63) is 69.2 Å². The van der Waals surface area contributed by atoms with Gasteiger partial charge < -0.3 is 5.11 Å². The van der Waals surface area contributed by atoms with Crippen LogP contribution in [-0.2, 0) is 11.2 Å². The first-order chi connectivity index (χ1) is 13.3. The lowest BCUT2D eigenvalue weighted by atomic mass is 10.0. The Morgan fingerprint density at radius 1 is 1.25 bits per heavy atom. The molecule has 28 heavy (non-hydrogen) atoms. The van der Waals surface area contributed by atoms with E-state index >= 15 is 0 Å². The first-order valence-corrected chi connectivity index (χ1v) is 10.0. The van der Waals surface area contributed by atoms with Crippen molar-refractivity contribution in [1.82, 2.24) is 9.96 Å². The summed E-state index contributed by atoms with van der Waals surface area (Å²) in [5.41, 5.74) is 2.58. The smallest absolute Gasteiger partial charge is 0.250 e. The molecule has 0 saturated carbocycles. The predicted molar refractivity (Wildman–Crippen MR) is 110 cm³/mol. The number of amides is 1. The number of rotatable bonds is 6. The first kappa shape index (κ1) is 21.1. The van der Waals surface area contributed by atoms with Crippen molar-refractivity contribution >= 4 is 29.1 Å². The monoisotopic (exact) mass is 422 g/mol. The van der Waals surface area contributed by atoms with Crippen LogP contribution in [0.1, 0.15) is 29.2 Å². The van der Waals surface area contributed by atoms with E-state index < -0.39 is 11.9 Å². The third-order valence-electron chi connectivity index (χ3n) is 5.00. The zero-order valence-corrected chi connectivity index (χ0v) is 17.2. The lowest BCUT2D eigenvalue weighted by Gasteiger charge is -2.30. The highest BCUT2D eigenvalue weighted by Crippen LogP contribution is 2.26. The van der Waals surface area contributed by atoms with Crippen LogP contribution in [0.4, 0.5) is 0 Å². The number of hydrogen-bond donors (Lipinski definition) is 2. The highest BCUT2D eigenvalue weighted by atomic mass is 35.5. The van der Waals surface area contributed by atoms with Crippen molar-refractivity contribution in [1.29, 1.82) is 0 Å². The van der Waals surface area contributed by atoms with Gasteiger partial charge >= 0.3 is 0 Å². The van der Waals surface area contributed by atoms with Gasteiger partial charge in [-0.3, -0.25) is 14.9 Å². The lowest BCUT2D eigenvalue weighted by Crippen LogP contribution is -2.40. The number of carbonyl (C=O) groups excluding carboxylic acids is 1. The summed E-state index contributed by atoms with van der Waals surface area (Å²) < 4.78 is 0. The van der Waals surface area contributed by atoms with Gasteiger partial charge in [0.25, 0.3) is 5.91 Å². The van der Waals surface area contributed by atoms with Crippen LogP contribution < -0.4 is 0 Å². The molecule has 7 heteroatoms. The van der Waals surface area contributed by atoms with Gasteiger partial charge in [-0.1, -0.05) is 59.1 Å². The molecular weight excluding hydrogens is 399 g/mol. The normalized spacial score (nSPS) is 18.2. The van der Waals surface area contributed by atoms with E-state index in [1.165, 1.54) is 0 Å². The summed E-state index contributed by atoms with van der Waals surface area (Å²) in [4.78, 5) is 14.8. The molecule has 2 unspecified atom stereocenters. The average molecular weight is 423 g/mol. The number of nitrogens with zero attached hydrogens (tertiary/aromatic N) is 2. The molecule has 2 atom stereocenters. The van der Waals surface area contributed by atoms with Crippen LogP contribution in [-0.4, -0.2) is 51.9 Å². The van der Waals surface area contributed by atoms with E-state index in [0.717, 1.165) is 22.7 Å². The number of likely N-dealkylation sites (tertiary alicyclic amines) is 1. The summed E-state index contributed by atoms with van der Waals surface area (Å²) in [5.74, 6) is -0.426. The number of hydroxylamine groups is 2. The van der Waals surface area contributed by atoms with Crippen molar-refractivity contribution in [2.24, 2.45) is 0 Å². The largest absolute Gasteiger partial charge is 0.392 e. The quantitative estimate of drug-likeness (QED) is 0.547. The zero-order valence-electron chi connectivity index (χ0n) is 15.7. The molecule has 1 aliphatic heterocycles. The summed E-state index contributed by atoms with van der Waals surface area (Å²) in [5, 5.41) is 22.2. The van der Waals surface area contributed by atoms with Gasteiger partial charge in [0, 0.05) is 19.6 Å². The van der Waals surface area contributed by atoms with Gasteiger partial charge in [-0.2, -0.15) is 0 Å². The van der Waals surface area contributed by atoms with E-state index in [1.807, 2.05) is 31.2 Å². The first-order valence-electron chi connectivity index (χ1n) is 9.25. The van der Waals surface area contributed by atoms with Gasteiger partial charge in [0.1, 0.15) is 0 Å². The molecule has 0 aromatic heterocycles. The van der Waals surface area contributed by atoms with Gasteiger partial charge in [-0.15, -0.1) is 0 Å². The second-order valence-corrected chi connectivity index (χ2v) is 8.11. The summed E-state index contributed by atoms with van der Waals surface area (Å²) in [6, 6.07) is 12.2. The van der Waals surface area contributed by atoms with Crippen molar-refractivity contribution < 1.29 is 15.1 Å². The molecule has 1 saturated heterocycles. The summed E-state index contributed by atoms with van der Waals surface area (Å²) >= 11 is 12.0. The second kappa shape index (κ2) is 9.25. The van der Waals surface area contributed by atoms with E-state index in [2.05, 4.69) is 4.90 Å². The number of aryl methyl sites for hydroxylation is 1. The van der Waals surface area contributed by atoms with Crippen molar-refractivity contribution in [3.63, 3.8) is 0 Å². The van der Waals surface area contributed by atoms with Crippen LogP contribution in [0.25, 0.3) is 0 Å². The molecule has 0 spiro atoms. The Labute approximate surface area is 175 Å². The summed E-state index contributed by atoms with van der Waals surface area (Å²) in [7, 11) is 0. The Bertz CT molecular complexity index is 846. The van der Waals surface area contributed by atoms with Gasteiger partial charge in [0.05, 0.1) is 28.6 Å². The third kappa shape index (κ3) is 5.25. The maximum absolute atomic E-state index is 12.8. The number of aliphatic hydroxyl groups is 1. The van der Waals surface area contributed by atoms with E-state index in [-0.39, 0.29) is 12.5 Å². The molecule has 1 heterocycles. The SMILES string of the molecule is Cc1cccc(C(CN2CCC(O)C2)N(O)C(=O)Cc2ccc(Cl)c(Cl)c2)c1. The summed E-state index contributed by atoms with van der Waals surface area (Å²) in [6.07, 6.45) is 0.346. The number of halogens is 2. The fraction of sp³-hybridized carbons (Fsp3) is 0.381. The van der Waals surface area contributed by atoms with E-state index in [9.17, 15) is 15.1 Å². The number of benzene rings is 2. The average Bonchev–Trinajstić information content (AvgIpc) is 3.07. The maximum atomic E-state index is 12.8. The van der Waals surface area contributed by atoms with Crippen molar-refractivity contribution in [2.75, 3.05) is 19.6 Å². The van der Waals surface area contributed by atoms with Crippen LogP contribution in [0.3, 0.4) is 0 Å². The van der Waals surface area contributed by atoms with Crippen LogP contribution in [0.2, 0.25) is 10.0 Å². The molecule has 3 rings (SSSR count). The molecule has 2 N–H and O–H groups in total. The Hall–Kier alpha value is -1.63. The standard InChI is InChI=1S/C21H24Cl2N2O3/c1-14-3-2-4-16(9-14)20(13-24-8-7-17(26)12-24)25(28)21(27)11-15-5-6-18(22)19(23)10-15/h2-6,9-10,17,20,26,28H,7-8,11-13H2,1H3. The molecule has 150 valence electrons. The molecule has 5 nitrogen and oxygen atoms in total. The molecular formula is C21H24Cl2N2O3. The van der Waals surface area contributed by atoms with Gasteiger partial charge in [-0.25, -0.2) is 5.06 Å². The Morgan fingerprint density at radius 3 is 2.68 bits per heavy atom. The number of aliphatic hydroxyl groups excluding tert-OH is 1. The minimum atomic E-state index is -0.527.